The van der Waals surface area contributed by atoms with Gasteiger partial charge in [-0.1, -0.05) is 52.9 Å². The van der Waals surface area contributed by atoms with Crippen LogP contribution in [0.1, 0.15) is 95.8 Å². The minimum atomic E-state index is -1.01. The molecule has 1 saturated carbocycles. The van der Waals surface area contributed by atoms with Crippen molar-refractivity contribution in [1.29, 1.82) is 0 Å². The number of alkyl carbamates (subject to hydrolysis) is 1. The van der Waals surface area contributed by atoms with Crippen LogP contribution in [0, 0.1) is 18.8 Å². The second-order valence-electron chi connectivity index (χ2n) is 9.50. The fraction of sp³-hybridized carbons (Fsp3) is 0.792. The molecule has 0 saturated heterocycles. The minimum Gasteiger partial charge on any atom is -0.449 e. The lowest BCUT2D eigenvalue weighted by molar-refractivity contribution is -0.125. The summed E-state index contributed by atoms with van der Waals surface area (Å²) in [7, 11) is 0. The molecule has 3 atom stereocenters. The lowest BCUT2D eigenvalue weighted by atomic mass is 9.90. The van der Waals surface area contributed by atoms with Gasteiger partial charge in [0.15, 0.2) is 5.43 Å². The highest BCUT2D eigenvalue weighted by atomic mass is 16.5. The summed E-state index contributed by atoms with van der Waals surface area (Å²) >= 11 is 0. The number of ether oxygens (including phenoxy) is 1. The van der Waals surface area contributed by atoms with E-state index in [9.17, 15) is 19.5 Å². The number of aliphatic hydroxyl groups excluding tert-OH is 1. The number of hydrogen-bond acceptors (Lipinski definition) is 5. The summed E-state index contributed by atoms with van der Waals surface area (Å²) in [6.45, 7) is 8.06. The average Bonchev–Trinajstić information content (AvgIpc) is 3.34. The van der Waals surface area contributed by atoms with Gasteiger partial charge in [0.1, 0.15) is 12.1 Å². The lowest BCUT2D eigenvalue weighted by Crippen LogP contribution is -2.51. The van der Waals surface area contributed by atoms with Gasteiger partial charge in [0.25, 0.3) is 0 Å². The molecule has 0 bridgehead atoms. The highest BCUT2D eigenvalue weighted by molar-refractivity contribution is 5.85. The molecule has 1 aliphatic carbocycles. The van der Waals surface area contributed by atoms with Crippen LogP contribution < -0.4 is 16.1 Å². The Morgan fingerprint density at radius 2 is 1.81 bits per heavy atom. The Morgan fingerprint density at radius 1 is 1.16 bits per heavy atom. The molecule has 0 heterocycles. The second kappa shape index (κ2) is 12.2. The predicted octanol–water partition coefficient (Wildman–Crippen LogP) is 3.66. The number of hydrogen-bond donors (Lipinski definition) is 3. The molecule has 0 spiro atoms. The van der Waals surface area contributed by atoms with Gasteiger partial charge in [0, 0.05) is 11.1 Å². The summed E-state index contributed by atoms with van der Waals surface area (Å²) < 4.78 is 5.41. The molecule has 176 valence electrons. The van der Waals surface area contributed by atoms with E-state index in [1.165, 1.54) is 19.3 Å². The molecular formula is C24H40N2O5. The van der Waals surface area contributed by atoms with Crippen LogP contribution in [0.15, 0.2) is 4.79 Å². The average molecular weight is 437 g/mol. The summed E-state index contributed by atoms with van der Waals surface area (Å²) in [6, 6.07) is -1.31. The highest BCUT2D eigenvalue weighted by Gasteiger charge is 2.34. The molecular weight excluding hydrogens is 396 g/mol. The van der Waals surface area contributed by atoms with Gasteiger partial charge in [-0.2, -0.15) is 0 Å². The van der Waals surface area contributed by atoms with Crippen LogP contribution in [0.3, 0.4) is 0 Å². The standard InChI is InChI=1S/C24H40N2O5/c1-5-6-12-18(22(28)20-16(4)21(20)27)25-23(29)19(13-15(2)3)26-24(30)31-14-17-10-8-7-9-11-17/h15,17-19,22,28H,5-14H2,1-4H3,(H,25,29)(H,26,30)/t18-,19?,22?/m0/s1. The Balaban J connectivity index is 1.96. The monoisotopic (exact) mass is 436 g/mol. The van der Waals surface area contributed by atoms with E-state index in [1.54, 1.807) is 6.92 Å². The van der Waals surface area contributed by atoms with E-state index in [-0.39, 0.29) is 17.3 Å². The first-order chi connectivity index (χ1) is 14.7. The van der Waals surface area contributed by atoms with Gasteiger partial charge in [0.05, 0.1) is 12.6 Å². The van der Waals surface area contributed by atoms with E-state index < -0.39 is 24.3 Å². The number of unbranched alkanes of at least 4 members (excludes halogenated alkanes) is 1. The van der Waals surface area contributed by atoms with E-state index in [4.69, 9.17) is 4.74 Å². The minimum absolute atomic E-state index is 0.119. The number of carbonyl (C=O) groups is 2. The highest BCUT2D eigenvalue weighted by Crippen LogP contribution is 2.25. The maximum atomic E-state index is 13.0. The number of aliphatic hydroxyl groups is 1. The first kappa shape index (κ1) is 25.4. The van der Waals surface area contributed by atoms with Crippen molar-refractivity contribution < 1.29 is 19.4 Å². The molecule has 2 rings (SSSR count). The number of carbonyl (C=O) groups excluding carboxylic acids is 2. The van der Waals surface area contributed by atoms with Gasteiger partial charge in [-0.05, 0) is 44.4 Å². The van der Waals surface area contributed by atoms with Crippen molar-refractivity contribution in [2.24, 2.45) is 11.8 Å². The van der Waals surface area contributed by atoms with Crippen molar-refractivity contribution in [3.05, 3.63) is 21.4 Å². The summed E-state index contributed by atoms with van der Waals surface area (Å²) in [5, 5.41) is 16.2. The molecule has 0 radical (unpaired) electrons. The summed E-state index contributed by atoms with van der Waals surface area (Å²) in [6.07, 6.45) is 6.90. The fourth-order valence-corrected chi connectivity index (χ4v) is 4.28. The van der Waals surface area contributed by atoms with E-state index in [0.29, 0.717) is 36.5 Å². The quantitative estimate of drug-likeness (QED) is 0.464. The third kappa shape index (κ3) is 7.95. The Bertz CT molecular complexity index is 716. The molecule has 2 amide bonds. The molecule has 1 aromatic rings. The Hall–Kier alpha value is -1.89. The van der Waals surface area contributed by atoms with Crippen molar-refractivity contribution in [3.8, 4) is 0 Å². The van der Waals surface area contributed by atoms with Crippen molar-refractivity contribution >= 4 is 12.0 Å². The van der Waals surface area contributed by atoms with Crippen LogP contribution in [0.25, 0.3) is 0 Å². The van der Waals surface area contributed by atoms with E-state index in [0.717, 1.165) is 25.7 Å². The zero-order valence-corrected chi connectivity index (χ0v) is 19.5. The normalized spacial score (nSPS) is 18.0. The molecule has 2 unspecified atom stereocenters. The van der Waals surface area contributed by atoms with Gasteiger partial charge in [-0.15, -0.1) is 0 Å². The predicted molar refractivity (Wildman–Crippen MR) is 121 cm³/mol. The van der Waals surface area contributed by atoms with E-state index in [2.05, 4.69) is 10.6 Å². The maximum absolute atomic E-state index is 13.0. The summed E-state index contributed by atoms with van der Waals surface area (Å²) in [5.74, 6) is 0.233. The number of rotatable bonds is 12. The van der Waals surface area contributed by atoms with E-state index in [1.807, 2.05) is 20.8 Å². The Kier molecular flexibility index (Phi) is 10.0. The zero-order valence-electron chi connectivity index (χ0n) is 19.5. The Morgan fingerprint density at radius 3 is 2.35 bits per heavy atom. The molecule has 31 heavy (non-hydrogen) atoms. The largest absolute Gasteiger partial charge is 0.449 e. The van der Waals surface area contributed by atoms with Crippen LogP contribution >= 0.6 is 0 Å². The van der Waals surface area contributed by atoms with Crippen molar-refractivity contribution in [1.82, 2.24) is 10.6 Å². The third-order valence-corrected chi connectivity index (χ3v) is 6.29. The molecule has 1 aliphatic rings. The van der Waals surface area contributed by atoms with Gasteiger partial charge in [-0.25, -0.2) is 4.79 Å². The first-order valence-electron chi connectivity index (χ1n) is 11.9. The van der Waals surface area contributed by atoms with Crippen molar-refractivity contribution in [3.63, 3.8) is 0 Å². The zero-order chi connectivity index (χ0) is 23.0. The fourth-order valence-electron chi connectivity index (χ4n) is 4.28. The van der Waals surface area contributed by atoms with Crippen molar-refractivity contribution in [2.75, 3.05) is 6.61 Å². The first-order valence-corrected chi connectivity index (χ1v) is 11.9. The molecule has 0 aromatic heterocycles. The van der Waals surface area contributed by atoms with Gasteiger partial charge < -0.3 is 20.5 Å². The van der Waals surface area contributed by atoms with Crippen LogP contribution in [-0.2, 0) is 9.53 Å². The van der Waals surface area contributed by atoms with Crippen molar-refractivity contribution in [2.45, 2.75) is 104 Å². The van der Waals surface area contributed by atoms with Gasteiger partial charge in [0.2, 0.25) is 5.91 Å². The second-order valence-corrected chi connectivity index (χ2v) is 9.50. The Labute approximate surface area is 186 Å². The number of amides is 2. The molecule has 7 nitrogen and oxygen atoms in total. The molecule has 1 fully saturated rings. The van der Waals surface area contributed by atoms with E-state index >= 15 is 0 Å². The topological polar surface area (TPSA) is 105 Å². The maximum Gasteiger partial charge on any atom is 0.407 e. The van der Waals surface area contributed by atoms with Crippen LogP contribution in [0.2, 0.25) is 0 Å². The molecule has 1 aromatic carbocycles. The summed E-state index contributed by atoms with van der Waals surface area (Å²) in [4.78, 5) is 37.1. The van der Waals surface area contributed by atoms with Crippen LogP contribution in [-0.4, -0.2) is 35.8 Å². The molecule has 3 N–H and O–H groups in total. The van der Waals surface area contributed by atoms with Gasteiger partial charge >= 0.3 is 6.09 Å². The smallest absolute Gasteiger partial charge is 0.407 e. The lowest BCUT2D eigenvalue weighted by Gasteiger charge is -2.27. The third-order valence-electron chi connectivity index (χ3n) is 6.29. The van der Waals surface area contributed by atoms with Gasteiger partial charge in [-0.3, -0.25) is 9.59 Å². The molecule has 7 heteroatoms. The molecule has 0 aliphatic heterocycles. The number of nitrogens with one attached hydrogen (secondary N) is 2. The SMILES string of the molecule is CCCC[C@H](NC(=O)C(CC(C)C)NC(=O)OCC1CCCCC1)C(O)c1c(C)c1=O. The summed E-state index contributed by atoms with van der Waals surface area (Å²) in [5.41, 5.74) is 0.861. The van der Waals surface area contributed by atoms with Crippen LogP contribution in [0.4, 0.5) is 4.79 Å². The van der Waals surface area contributed by atoms with Crippen LogP contribution in [0.5, 0.6) is 0 Å².